The van der Waals surface area contributed by atoms with Crippen LogP contribution in [0, 0.1) is 12.8 Å². The second-order valence-electron chi connectivity index (χ2n) is 6.51. The van der Waals surface area contributed by atoms with Gasteiger partial charge >= 0.3 is 0 Å². The van der Waals surface area contributed by atoms with Gasteiger partial charge in [-0.25, -0.2) is 9.78 Å². The average molecular weight is 371 g/mol. The van der Waals surface area contributed by atoms with Crippen LogP contribution in [0.1, 0.15) is 47.2 Å². The van der Waals surface area contributed by atoms with Gasteiger partial charge in [-0.15, -0.1) is 11.3 Å². The summed E-state index contributed by atoms with van der Waals surface area (Å²) in [7, 11) is 0. The maximum absolute atomic E-state index is 12.8. The Morgan fingerprint density at radius 3 is 2.77 bits per heavy atom. The number of aromatic amines is 1. The highest BCUT2D eigenvalue weighted by Crippen LogP contribution is 2.26. The van der Waals surface area contributed by atoms with Crippen molar-refractivity contribution >= 4 is 17.2 Å². The van der Waals surface area contributed by atoms with Crippen molar-refractivity contribution in [1.29, 1.82) is 0 Å². The summed E-state index contributed by atoms with van der Waals surface area (Å²) in [5.74, 6) is 0.743. The second kappa shape index (κ2) is 7.65. The number of H-pyrrole nitrogens is 1. The summed E-state index contributed by atoms with van der Waals surface area (Å²) < 4.78 is 1.54. The van der Waals surface area contributed by atoms with Gasteiger partial charge in [0.2, 0.25) is 0 Å². The Balaban J connectivity index is 1.83. The first-order valence-corrected chi connectivity index (χ1v) is 9.28. The fourth-order valence-electron chi connectivity index (χ4n) is 2.76. The Kier molecular flexibility index (Phi) is 5.32. The summed E-state index contributed by atoms with van der Waals surface area (Å²) in [5, 5.41) is 15.7. The Morgan fingerprint density at radius 1 is 1.35 bits per heavy atom. The van der Waals surface area contributed by atoms with Gasteiger partial charge < -0.3 is 5.32 Å². The topological polar surface area (TPSA) is 92.7 Å². The van der Waals surface area contributed by atoms with Gasteiger partial charge in [-0.05, 0) is 36.8 Å². The minimum Gasteiger partial charge on any atom is -0.344 e. The zero-order chi connectivity index (χ0) is 18.7. The van der Waals surface area contributed by atoms with Crippen LogP contribution in [0.25, 0.3) is 5.82 Å². The molecule has 3 aromatic heterocycles. The predicted octanol–water partition coefficient (Wildman–Crippen LogP) is 2.84. The molecule has 0 aliphatic rings. The van der Waals surface area contributed by atoms with Crippen molar-refractivity contribution in [3.05, 3.63) is 62.3 Å². The van der Waals surface area contributed by atoms with E-state index in [1.165, 1.54) is 16.9 Å². The van der Waals surface area contributed by atoms with Gasteiger partial charge in [0.15, 0.2) is 5.82 Å². The van der Waals surface area contributed by atoms with Crippen LogP contribution in [0.4, 0.5) is 0 Å². The van der Waals surface area contributed by atoms with Crippen LogP contribution >= 0.6 is 11.3 Å². The number of aromatic nitrogens is 4. The van der Waals surface area contributed by atoms with E-state index in [1.54, 1.807) is 24.3 Å². The largest absolute Gasteiger partial charge is 0.344 e. The quantitative estimate of drug-likeness (QED) is 0.697. The van der Waals surface area contributed by atoms with E-state index in [0.29, 0.717) is 23.0 Å². The van der Waals surface area contributed by atoms with E-state index in [0.717, 1.165) is 11.3 Å². The van der Waals surface area contributed by atoms with Gasteiger partial charge in [0.25, 0.3) is 11.5 Å². The molecule has 2 N–H and O–H groups in total. The van der Waals surface area contributed by atoms with E-state index in [9.17, 15) is 9.59 Å². The maximum Gasteiger partial charge on any atom is 0.264 e. The molecule has 0 saturated carbocycles. The lowest BCUT2D eigenvalue weighted by atomic mass is 10.0. The molecule has 0 fully saturated rings. The Morgan fingerprint density at radius 2 is 2.15 bits per heavy atom. The number of nitrogens with one attached hydrogen (secondary N) is 2. The highest BCUT2D eigenvalue weighted by molar-refractivity contribution is 7.10. The molecule has 3 aromatic rings. The molecule has 26 heavy (non-hydrogen) atoms. The van der Waals surface area contributed by atoms with Crippen LogP contribution in [-0.4, -0.2) is 25.9 Å². The molecule has 0 saturated heterocycles. The number of carbonyl (C=O) groups is 1. The predicted molar refractivity (Wildman–Crippen MR) is 101 cm³/mol. The average Bonchev–Trinajstić information content (AvgIpc) is 3.24. The Labute approximate surface area is 155 Å². The molecule has 3 rings (SSSR count). The van der Waals surface area contributed by atoms with E-state index in [2.05, 4.69) is 34.5 Å². The molecular formula is C18H21N5O2S. The summed E-state index contributed by atoms with van der Waals surface area (Å²) in [5.41, 5.74) is 0.865. The Bertz CT molecular complexity index is 922. The summed E-state index contributed by atoms with van der Waals surface area (Å²) in [6, 6.07) is 6.94. The van der Waals surface area contributed by atoms with Gasteiger partial charge in [0.05, 0.1) is 23.5 Å². The highest BCUT2D eigenvalue weighted by Gasteiger charge is 2.21. The molecule has 0 bridgehead atoms. The van der Waals surface area contributed by atoms with Crippen LogP contribution in [0.15, 0.2) is 40.6 Å². The van der Waals surface area contributed by atoms with E-state index < -0.39 is 0 Å². The summed E-state index contributed by atoms with van der Waals surface area (Å²) in [6.45, 7) is 6.08. The minimum absolute atomic E-state index is 0.0311. The molecule has 0 spiro atoms. The maximum atomic E-state index is 12.8. The standard InChI is InChI=1S/C18H21N5O2S/c1-11(2)9-14(15-5-4-8-26-15)20-18(25)13-10-19-23(12(13)3)16-6-7-17(24)22-21-16/h4-8,10-11,14H,9H2,1-3H3,(H,20,25)(H,22,24)/t14-/m1/s1. The fraction of sp³-hybridized carbons (Fsp3) is 0.333. The smallest absolute Gasteiger partial charge is 0.264 e. The molecule has 8 heteroatoms. The van der Waals surface area contributed by atoms with Crippen LogP contribution in [0.2, 0.25) is 0 Å². The molecule has 3 heterocycles. The lowest BCUT2D eigenvalue weighted by Crippen LogP contribution is -2.29. The first-order chi connectivity index (χ1) is 12.5. The molecule has 136 valence electrons. The number of carbonyl (C=O) groups excluding carboxylic acids is 1. The molecule has 1 atom stereocenters. The summed E-state index contributed by atoms with van der Waals surface area (Å²) in [6.07, 6.45) is 2.39. The number of thiophene rings is 1. The van der Waals surface area contributed by atoms with Crippen molar-refractivity contribution < 1.29 is 4.79 Å². The minimum atomic E-state index is -0.288. The van der Waals surface area contributed by atoms with Gasteiger partial charge in [-0.3, -0.25) is 9.59 Å². The number of hydrogen-bond donors (Lipinski definition) is 2. The Hall–Kier alpha value is -2.74. The molecule has 0 aromatic carbocycles. The van der Waals surface area contributed by atoms with Gasteiger partial charge in [0.1, 0.15) is 0 Å². The van der Waals surface area contributed by atoms with Gasteiger partial charge in [-0.2, -0.15) is 10.2 Å². The van der Waals surface area contributed by atoms with Crippen LogP contribution in [0.5, 0.6) is 0 Å². The third-order valence-corrected chi connectivity index (χ3v) is 5.02. The van der Waals surface area contributed by atoms with Crippen LogP contribution < -0.4 is 10.9 Å². The van der Waals surface area contributed by atoms with Gasteiger partial charge in [-0.1, -0.05) is 19.9 Å². The third kappa shape index (κ3) is 3.91. The zero-order valence-electron chi connectivity index (χ0n) is 14.9. The molecule has 0 unspecified atom stereocenters. The SMILES string of the molecule is Cc1c(C(=O)N[C@H](CC(C)C)c2cccs2)cnn1-c1ccc(=O)[nH]n1. The number of amides is 1. The first kappa shape index (κ1) is 18.1. The molecule has 1 amide bonds. The highest BCUT2D eigenvalue weighted by atomic mass is 32.1. The second-order valence-corrected chi connectivity index (χ2v) is 7.49. The molecule has 0 radical (unpaired) electrons. The molecular weight excluding hydrogens is 350 g/mol. The lowest BCUT2D eigenvalue weighted by molar-refractivity contribution is 0.0932. The molecule has 0 aliphatic carbocycles. The number of rotatable bonds is 6. The van der Waals surface area contributed by atoms with Crippen molar-refractivity contribution in [2.24, 2.45) is 5.92 Å². The van der Waals surface area contributed by atoms with Crippen molar-refractivity contribution in [1.82, 2.24) is 25.3 Å². The number of hydrogen-bond acceptors (Lipinski definition) is 5. The van der Waals surface area contributed by atoms with E-state index in [-0.39, 0.29) is 17.5 Å². The number of nitrogens with zero attached hydrogens (tertiary/aromatic N) is 3. The fourth-order valence-corrected chi connectivity index (χ4v) is 3.55. The van der Waals surface area contributed by atoms with Crippen molar-refractivity contribution in [2.75, 3.05) is 0 Å². The molecule has 0 aliphatic heterocycles. The van der Waals surface area contributed by atoms with E-state index in [1.807, 2.05) is 17.5 Å². The summed E-state index contributed by atoms with van der Waals surface area (Å²) >= 11 is 1.64. The summed E-state index contributed by atoms with van der Waals surface area (Å²) in [4.78, 5) is 25.1. The third-order valence-electron chi connectivity index (χ3n) is 4.03. The molecule has 7 nitrogen and oxygen atoms in total. The van der Waals surface area contributed by atoms with Crippen LogP contribution in [-0.2, 0) is 0 Å². The lowest BCUT2D eigenvalue weighted by Gasteiger charge is -2.19. The monoisotopic (exact) mass is 371 g/mol. The van der Waals surface area contributed by atoms with Crippen LogP contribution in [0.3, 0.4) is 0 Å². The van der Waals surface area contributed by atoms with Crippen molar-refractivity contribution in [2.45, 2.75) is 33.2 Å². The first-order valence-electron chi connectivity index (χ1n) is 8.40. The van der Waals surface area contributed by atoms with E-state index in [4.69, 9.17) is 0 Å². The van der Waals surface area contributed by atoms with Crippen molar-refractivity contribution in [3.63, 3.8) is 0 Å². The zero-order valence-corrected chi connectivity index (χ0v) is 15.7. The normalized spacial score (nSPS) is 12.3. The van der Waals surface area contributed by atoms with Crippen molar-refractivity contribution in [3.8, 4) is 5.82 Å². The van der Waals surface area contributed by atoms with E-state index >= 15 is 0 Å². The van der Waals surface area contributed by atoms with Gasteiger partial charge in [0, 0.05) is 10.9 Å².